The summed E-state index contributed by atoms with van der Waals surface area (Å²) in [6.45, 7) is 0.639. The Morgan fingerprint density at radius 3 is 2.29 bits per heavy atom. The van der Waals surface area contributed by atoms with Crippen LogP contribution >= 0.6 is 0 Å². The minimum absolute atomic E-state index is 0.145. The van der Waals surface area contributed by atoms with Crippen molar-refractivity contribution in [1.82, 2.24) is 9.78 Å². The Morgan fingerprint density at radius 1 is 1.00 bits per heavy atom. The minimum atomic E-state index is -0.635. The number of aromatic nitrogens is 2. The summed E-state index contributed by atoms with van der Waals surface area (Å²) in [7, 11) is 0. The highest BCUT2D eigenvalue weighted by Crippen LogP contribution is 2.06. The largest absolute Gasteiger partial charge is 0.443 e. The first-order chi connectivity index (χ1) is 11.7. The molecule has 0 saturated carbocycles. The van der Waals surface area contributed by atoms with E-state index in [2.05, 4.69) is 10.4 Å². The Balaban J connectivity index is 1.60. The van der Waals surface area contributed by atoms with Crippen molar-refractivity contribution in [2.24, 2.45) is 0 Å². The maximum atomic E-state index is 12.0. The number of hydrogen-bond donors (Lipinski definition) is 2. The van der Waals surface area contributed by atoms with Crippen LogP contribution in [0.15, 0.2) is 71.7 Å². The molecule has 0 spiro atoms. The molecule has 2 N–H and O–H groups in total. The third-order valence-electron chi connectivity index (χ3n) is 3.45. The highest BCUT2D eigenvalue weighted by Gasteiger charge is 2.11. The molecule has 0 aliphatic carbocycles. The Labute approximate surface area is 138 Å². The van der Waals surface area contributed by atoms with Crippen LogP contribution in [0.4, 0.5) is 10.5 Å². The Bertz CT molecular complexity index is 854. The van der Waals surface area contributed by atoms with Crippen LogP contribution < -0.4 is 10.9 Å². The van der Waals surface area contributed by atoms with Crippen molar-refractivity contribution in [1.29, 1.82) is 0 Å². The second kappa shape index (κ2) is 7.32. The van der Waals surface area contributed by atoms with Gasteiger partial charge in [0, 0.05) is 6.54 Å². The fraction of sp³-hybridized carbons (Fsp3) is 0.111. The van der Waals surface area contributed by atoms with E-state index in [1.165, 1.54) is 6.20 Å². The maximum absolute atomic E-state index is 12.0. The lowest BCUT2D eigenvalue weighted by molar-refractivity contribution is 0.137. The van der Waals surface area contributed by atoms with Crippen molar-refractivity contribution in [3.63, 3.8) is 0 Å². The third-order valence-corrected chi connectivity index (χ3v) is 3.45. The van der Waals surface area contributed by atoms with E-state index in [0.717, 1.165) is 15.8 Å². The molecule has 0 saturated heterocycles. The Hall–Kier alpha value is -3.28. The number of hydrogen-bond acceptors (Lipinski definition) is 4. The molecule has 6 heteroatoms. The van der Waals surface area contributed by atoms with Crippen LogP contribution in [0.1, 0.15) is 11.1 Å². The monoisotopic (exact) mass is 323 g/mol. The molecule has 3 rings (SSSR count). The van der Waals surface area contributed by atoms with E-state index in [9.17, 15) is 9.59 Å². The maximum Gasteiger partial charge on any atom is 0.433 e. The van der Waals surface area contributed by atoms with Crippen molar-refractivity contribution in [2.75, 3.05) is 5.32 Å². The molecule has 2 aromatic carbocycles. The first kappa shape index (κ1) is 15.6. The van der Waals surface area contributed by atoms with Crippen LogP contribution in [0.2, 0.25) is 0 Å². The first-order valence-corrected chi connectivity index (χ1v) is 7.53. The number of carbonyl (C=O) groups excluding carboxylic acids is 1. The summed E-state index contributed by atoms with van der Waals surface area (Å²) in [4.78, 5) is 23.9. The van der Waals surface area contributed by atoms with E-state index in [4.69, 9.17) is 4.74 Å². The van der Waals surface area contributed by atoms with E-state index in [0.29, 0.717) is 12.2 Å². The van der Waals surface area contributed by atoms with Gasteiger partial charge in [0.15, 0.2) is 0 Å². The second-order valence-electron chi connectivity index (χ2n) is 5.23. The number of H-pyrrole nitrogens is 1. The zero-order valence-electron chi connectivity index (χ0n) is 12.9. The zero-order valence-corrected chi connectivity index (χ0v) is 12.9. The number of nitrogens with one attached hydrogen (secondary N) is 2. The molecular weight excluding hydrogens is 306 g/mol. The van der Waals surface area contributed by atoms with Crippen molar-refractivity contribution >= 4 is 11.8 Å². The van der Waals surface area contributed by atoms with Crippen LogP contribution in [0, 0.1) is 0 Å². The minimum Gasteiger partial charge on any atom is -0.443 e. The SMILES string of the molecule is O=C(OCc1ccccc1)n1cc(NCc2ccccc2)c(=O)[nH]1. The van der Waals surface area contributed by atoms with E-state index >= 15 is 0 Å². The molecule has 3 aromatic rings. The van der Waals surface area contributed by atoms with Gasteiger partial charge in [-0.15, -0.1) is 0 Å². The van der Waals surface area contributed by atoms with Crippen molar-refractivity contribution in [3.8, 4) is 0 Å². The zero-order chi connectivity index (χ0) is 16.8. The van der Waals surface area contributed by atoms with Gasteiger partial charge in [0.05, 0.1) is 6.20 Å². The topological polar surface area (TPSA) is 76.1 Å². The number of anilines is 1. The molecule has 0 amide bonds. The van der Waals surface area contributed by atoms with Crippen LogP contribution in [0.3, 0.4) is 0 Å². The van der Waals surface area contributed by atoms with Gasteiger partial charge in [-0.05, 0) is 11.1 Å². The number of nitrogens with zero attached hydrogens (tertiary/aromatic N) is 1. The molecule has 122 valence electrons. The van der Waals surface area contributed by atoms with Gasteiger partial charge in [-0.2, -0.15) is 4.68 Å². The molecule has 1 heterocycles. The molecule has 0 atom stereocenters. The Morgan fingerprint density at radius 2 is 1.62 bits per heavy atom. The summed E-state index contributed by atoms with van der Waals surface area (Å²) in [6, 6.07) is 19.0. The molecular formula is C18H17N3O3. The van der Waals surface area contributed by atoms with Gasteiger partial charge >= 0.3 is 6.09 Å². The lowest BCUT2D eigenvalue weighted by Crippen LogP contribution is -2.16. The van der Waals surface area contributed by atoms with Crippen LogP contribution in [-0.4, -0.2) is 15.9 Å². The number of aromatic amines is 1. The summed E-state index contributed by atoms with van der Waals surface area (Å²) >= 11 is 0. The molecule has 1 aromatic heterocycles. The normalized spacial score (nSPS) is 10.3. The molecule has 24 heavy (non-hydrogen) atoms. The van der Waals surface area contributed by atoms with Gasteiger partial charge in [0.25, 0.3) is 5.56 Å². The molecule has 0 bridgehead atoms. The Kier molecular flexibility index (Phi) is 4.76. The number of ether oxygens (including phenoxy) is 1. The average Bonchev–Trinajstić information content (AvgIpc) is 3.00. The predicted molar refractivity (Wildman–Crippen MR) is 90.8 cm³/mol. The molecule has 6 nitrogen and oxygen atoms in total. The molecule has 0 aliphatic heterocycles. The van der Waals surface area contributed by atoms with Gasteiger partial charge in [-0.3, -0.25) is 9.89 Å². The van der Waals surface area contributed by atoms with Gasteiger partial charge in [0.1, 0.15) is 12.3 Å². The van der Waals surface area contributed by atoms with Crippen LogP contribution in [-0.2, 0) is 17.9 Å². The van der Waals surface area contributed by atoms with Crippen LogP contribution in [0.25, 0.3) is 0 Å². The average molecular weight is 323 g/mol. The van der Waals surface area contributed by atoms with Gasteiger partial charge < -0.3 is 10.1 Å². The second-order valence-corrected chi connectivity index (χ2v) is 5.23. The van der Waals surface area contributed by atoms with Gasteiger partial charge in [-0.1, -0.05) is 60.7 Å². The smallest absolute Gasteiger partial charge is 0.433 e. The number of rotatable bonds is 5. The van der Waals surface area contributed by atoms with Gasteiger partial charge in [-0.25, -0.2) is 4.79 Å². The van der Waals surface area contributed by atoms with E-state index in [1.807, 2.05) is 60.7 Å². The quantitative estimate of drug-likeness (QED) is 0.757. The lowest BCUT2D eigenvalue weighted by atomic mass is 10.2. The number of benzene rings is 2. The molecule has 0 fully saturated rings. The molecule has 0 radical (unpaired) electrons. The summed E-state index contributed by atoms with van der Waals surface area (Å²) in [5, 5.41) is 5.45. The summed E-state index contributed by atoms with van der Waals surface area (Å²) < 4.78 is 6.21. The van der Waals surface area contributed by atoms with Crippen molar-refractivity contribution < 1.29 is 9.53 Å². The van der Waals surface area contributed by atoms with Gasteiger partial charge in [0.2, 0.25) is 0 Å². The van der Waals surface area contributed by atoms with Crippen molar-refractivity contribution in [2.45, 2.75) is 13.2 Å². The predicted octanol–water partition coefficient (Wildman–Crippen LogP) is 2.97. The number of carbonyl (C=O) groups is 1. The standard InChI is InChI=1S/C18H17N3O3/c22-17-16(19-11-14-7-3-1-4-8-14)12-21(20-17)18(23)24-13-15-9-5-2-6-10-15/h1-10,12,19H,11,13H2,(H,20,22). The fourth-order valence-electron chi connectivity index (χ4n) is 2.20. The summed E-state index contributed by atoms with van der Waals surface area (Å²) in [5.74, 6) is 0. The summed E-state index contributed by atoms with van der Waals surface area (Å²) in [6.07, 6.45) is 0.766. The molecule has 0 unspecified atom stereocenters. The highest BCUT2D eigenvalue weighted by molar-refractivity contribution is 5.70. The fourth-order valence-corrected chi connectivity index (χ4v) is 2.20. The first-order valence-electron chi connectivity index (χ1n) is 7.53. The van der Waals surface area contributed by atoms with E-state index in [1.54, 1.807) is 0 Å². The lowest BCUT2D eigenvalue weighted by Gasteiger charge is -2.04. The van der Waals surface area contributed by atoms with Crippen molar-refractivity contribution in [3.05, 3.63) is 88.3 Å². The third kappa shape index (κ3) is 3.92. The van der Waals surface area contributed by atoms with E-state index in [-0.39, 0.29) is 12.2 Å². The van der Waals surface area contributed by atoms with E-state index < -0.39 is 6.09 Å². The van der Waals surface area contributed by atoms with Crippen LogP contribution in [0.5, 0.6) is 0 Å². The molecule has 0 aliphatic rings. The highest BCUT2D eigenvalue weighted by atomic mass is 16.6. The summed E-state index contributed by atoms with van der Waals surface area (Å²) in [5.41, 5.74) is 1.86.